The van der Waals surface area contributed by atoms with Crippen molar-refractivity contribution in [2.45, 2.75) is 64.4 Å². The van der Waals surface area contributed by atoms with Crippen molar-refractivity contribution in [2.24, 2.45) is 5.92 Å². The number of anilines is 1. The van der Waals surface area contributed by atoms with Gasteiger partial charge in [0, 0.05) is 42.5 Å². The lowest BCUT2D eigenvalue weighted by Gasteiger charge is -2.29. The molecule has 0 saturated heterocycles. The average molecular weight is 557 g/mol. The van der Waals surface area contributed by atoms with Gasteiger partial charge in [0.15, 0.2) is 0 Å². The molecule has 0 atom stereocenters. The predicted octanol–water partition coefficient (Wildman–Crippen LogP) is 6.33. The standard InChI is InChI=1S/C26H35Cl2N3O4S/c1-6-30(7-2)20-11-10-19(17-31(16-18-8-9-18)25(32)29-26(3,4)5)24(14-20)35-36(33,34)21-12-13-22(27)23(28)15-21/h10-15,18H,6-9,16-17H2,1-5H3,(H,29,32). The van der Waals surface area contributed by atoms with Crippen LogP contribution in [0.15, 0.2) is 41.3 Å². The van der Waals surface area contributed by atoms with Gasteiger partial charge < -0.3 is 19.3 Å². The maximum Gasteiger partial charge on any atom is 0.339 e. The summed E-state index contributed by atoms with van der Waals surface area (Å²) in [6.07, 6.45) is 2.16. The highest BCUT2D eigenvalue weighted by Gasteiger charge is 2.30. The van der Waals surface area contributed by atoms with Crippen molar-refractivity contribution < 1.29 is 17.4 Å². The summed E-state index contributed by atoms with van der Waals surface area (Å²) >= 11 is 12.0. The minimum atomic E-state index is -4.21. The maximum atomic E-state index is 13.2. The Morgan fingerprint density at radius 2 is 1.72 bits per heavy atom. The molecule has 2 aromatic rings. The molecule has 0 unspecified atom stereocenters. The first-order chi connectivity index (χ1) is 16.8. The summed E-state index contributed by atoms with van der Waals surface area (Å²) in [5, 5.41) is 3.39. The van der Waals surface area contributed by atoms with Crippen molar-refractivity contribution in [3.8, 4) is 5.75 Å². The lowest BCUT2D eigenvalue weighted by atomic mass is 10.1. The van der Waals surface area contributed by atoms with E-state index < -0.39 is 15.7 Å². The largest absolute Gasteiger partial charge is 0.379 e. The van der Waals surface area contributed by atoms with Gasteiger partial charge in [-0.1, -0.05) is 29.3 Å². The second kappa shape index (κ2) is 11.5. The van der Waals surface area contributed by atoms with Crippen LogP contribution in [0, 0.1) is 5.92 Å². The third-order valence-electron chi connectivity index (χ3n) is 5.86. The van der Waals surface area contributed by atoms with E-state index in [1.165, 1.54) is 18.2 Å². The van der Waals surface area contributed by atoms with E-state index in [1.54, 1.807) is 11.0 Å². The molecule has 2 aromatic carbocycles. The second-order valence-electron chi connectivity index (χ2n) is 10.1. The quantitative estimate of drug-likeness (QED) is 0.346. The smallest absolute Gasteiger partial charge is 0.339 e. The molecule has 1 fully saturated rings. The molecule has 0 aromatic heterocycles. The van der Waals surface area contributed by atoms with Crippen LogP contribution in [-0.2, 0) is 16.7 Å². The summed E-state index contributed by atoms with van der Waals surface area (Å²) in [6.45, 7) is 12.1. The Hall–Kier alpha value is -2.16. The minimum absolute atomic E-state index is 0.101. The SMILES string of the molecule is CCN(CC)c1ccc(CN(CC2CC2)C(=O)NC(C)(C)C)c(OS(=O)(=O)c2ccc(Cl)c(Cl)c2)c1. The highest BCUT2D eigenvalue weighted by molar-refractivity contribution is 7.87. The number of halogens is 2. The van der Waals surface area contributed by atoms with Gasteiger partial charge in [-0.3, -0.25) is 0 Å². The van der Waals surface area contributed by atoms with Crippen LogP contribution >= 0.6 is 23.2 Å². The molecule has 1 aliphatic carbocycles. The molecule has 1 saturated carbocycles. The number of carbonyl (C=O) groups is 1. The minimum Gasteiger partial charge on any atom is -0.379 e. The molecular weight excluding hydrogens is 521 g/mol. The first-order valence-corrected chi connectivity index (χ1v) is 14.3. The Balaban J connectivity index is 1.99. The number of nitrogens with one attached hydrogen (secondary N) is 1. The lowest BCUT2D eigenvalue weighted by Crippen LogP contribution is -2.48. The topological polar surface area (TPSA) is 79.0 Å². The Labute approximate surface area is 224 Å². The van der Waals surface area contributed by atoms with Gasteiger partial charge in [-0.05, 0) is 77.6 Å². The van der Waals surface area contributed by atoms with Crippen LogP contribution in [0.2, 0.25) is 10.0 Å². The number of urea groups is 1. The van der Waals surface area contributed by atoms with Crippen LogP contribution in [0.4, 0.5) is 10.5 Å². The number of rotatable bonds is 10. The lowest BCUT2D eigenvalue weighted by molar-refractivity contribution is 0.183. The van der Waals surface area contributed by atoms with E-state index >= 15 is 0 Å². The zero-order valence-electron chi connectivity index (χ0n) is 21.5. The first kappa shape index (κ1) is 28.4. The number of carbonyl (C=O) groups excluding carboxylic acids is 1. The molecule has 2 amide bonds. The summed E-state index contributed by atoms with van der Waals surface area (Å²) in [4.78, 5) is 16.8. The van der Waals surface area contributed by atoms with E-state index in [2.05, 4.69) is 10.2 Å². The molecule has 3 rings (SSSR count). The Morgan fingerprint density at radius 1 is 1.06 bits per heavy atom. The molecule has 0 radical (unpaired) electrons. The third-order valence-corrected chi connectivity index (χ3v) is 7.83. The van der Waals surface area contributed by atoms with Gasteiger partial charge in [-0.15, -0.1) is 0 Å². The van der Waals surface area contributed by atoms with Crippen molar-refractivity contribution in [3.63, 3.8) is 0 Å². The van der Waals surface area contributed by atoms with Crippen LogP contribution in [0.25, 0.3) is 0 Å². The number of hydrogen-bond donors (Lipinski definition) is 1. The molecule has 1 N–H and O–H groups in total. The third kappa shape index (κ3) is 7.67. The summed E-state index contributed by atoms with van der Waals surface area (Å²) in [7, 11) is -4.21. The van der Waals surface area contributed by atoms with E-state index in [-0.39, 0.29) is 33.3 Å². The zero-order valence-corrected chi connectivity index (χ0v) is 23.8. The molecule has 0 bridgehead atoms. The fourth-order valence-corrected chi connectivity index (χ4v) is 5.12. The van der Waals surface area contributed by atoms with E-state index in [9.17, 15) is 13.2 Å². The van der Waals surface area contributed by atoms with Crippen molar-refractivity contribution in [3.05, 3.63) is 52.0 Å². The molecule has 198 valence electrons. The van der Waals surface area contributed by atoms with E-state index in [1.807, 2.05) is 46.8 Å². The van der Waals surface area contributed by atoms with Crippen LogP contribution in [0.1, 0.15) is 53.0 Å². The Bertz CT molecular complexity index is 1190. The summed E-state index contributed by atoms with van der Waals surface area (Å²) in [6, 6.07) is 9.32. The molecule has 36 heavy (non-hydrogen) atoms. The van der Waals surface area contributed by atoms with E-state index in [0.717, 1.165) is 31.6 Å². The van der Waals surface area contributed by atoms with Crippen LogP contribution < -0.4 is 14.4 Å². The number of nitrogens with zero attached hydrogens (tertiary/aromatic N) is 2. The number of hydrogen-bond acceptors (Lipinski definition) is 5. The Kier molecular flexibility index (Phi) is 9.06. The van der Waals surface area contributed by atoms with Crippen LogP contribution in [0.3, 0.4) is 0 Å². The van der Waals surface area contributed by atoms with Crippen molar-refractivity contribution >= 4 is 45.0 Å². The van der Waals surface area contributed by atoms with Gasteiger partial charge in [-0.25, -0.2) is 4.79 Å². The van der Waals surface area contributed by atoms with Gasteiger partial charge in [0.1, 0.15) is 10.6 Å². The van der Waals surface area contributed by atoms with Gasteiger partial charge in [0.2, 0.25) is 0 Å². The van der Waals surface area contributed by atoms with Crippen molar-refractivity contribution in [2.75, 3.05) is 24.5 Å². The average Bonchev–Trinajstić information content (AvgIpc) is 3.60. The van der Waals surface area contributed by atoms with E-state index in [4.69, 9.17) is 27.4 Å². The number of benzene rings is 2. The van der Waals surface area contributed by atoms with Crippen LogP contribution in [-0.4, -0.2) is 44.5 Å². The first-order valence-electron chi connectivity index (χ1n) is 12.2. The highest BCUT2D eigenvalue weighted by atomic mass is 35.5. The second-order valence-corrected chi connectivity index (χ2v) is 12.4. The molecule has 0 heterocycles. The summed E-state index contributed by atoms with van der Waals surface area (Å²) in [5.74, 6) is 0.629. The molecule has 10 heteroatoms. The maximum absolute atomic E-state index is 13.2. The normalized spacial score (nSPS) is 13.9. The predicted molar refractivity (Wildman–Crippen MR) is 146 cm³/mol. The monoisotopic (exact) mass is 555 g/mol. The fourth-order valence-electron chi connectivity index (χ4n) is 3.77. The summed E-state index contributed by atoms with van der Waals surface area (Å²) in [5.41, 5.74) is 1.03. The Morgan fingerprint density at radius 3 is 2.28 bits per heavy atom. The van der Waals surface area contributed by atoms with E-state index in [0.29, 0.717) is 18.0 Å². The van der Waals surface area contributed by atoms with Crippen LogP contribution in [0.5, 0.6) is 5.75 Å². The fraction of sp³-hybridized carbons (Fsp3) is 0.500. The number of amides is 2. The molecule has 0 aliphatic heterocycles. The zero-order chi connectivity index (χ0) is 26.7. The molecule has 7 nitrogen and oxygen atoms in total. The molecule has 1 aliphatic rings. The summed E-state index contributed by atoms with van der Waals surface area (Å²) < 4.78 is 32.1. The van der Waals surface area contributed by atoms with Crippen molar-refractivity contribution in [1.82, 2.24) is 10.2 Å². The van der Waals surface area contributed by atoms with Crippen molar-refractivity contribution in [1.29, 1.82) is 0 Å². The van der Waals surface area contributed by atoms with Gasteiger partial charge >= 0.3 is 16.1 Å². The van der Waals surface area contributed by atoms with Gasteiger partial charge in [-0.2, -0.15) is 8.42 Å². The van der Waals surface area contributed by atoms with Gasteiger partial charge in [0.05, 0.1) is 16.6 Å². The molecular formula is C26H35Cl2N3O4S. The van der Waals surface area contributed by atoms with Gasteiger partial charge in [0.25, 0.3) is 0 Å². The molecule has 0 spiro atoms. The highest BCUT2D eigenvalue weighted by Crippen LogP contribution is 2.34.